The number of benzene rings is 1. The number of carbonyl (C=O) groups excluding carboxylic acids is 1. The number of hydrogen-bond acceptors (Lipinski definition) is 7. The normalized spacial score (nSPS) is 10.7. The van der Waals surface area contributed by atoms with Crippen molar-refractivity contribution in [3.8, 4) is 5.75 Å². The molecule has 26 heavy (non-hydrogen) atoms. The Hall–Kier alpha value is -3.13. The quantitative estimate of drug-likeness (QED) is 0.537. The number of fused-ring (bicyclic) bond motifs is 1. The first-order valence-electron chi connectivity index (χ1n) is 7.67. The van der Waals surface area contributed by atoms with Crippen molar-refractivity contribution in [3.63, 3.8) is 0 Å². The van der Waals surface area contributed by atoms with Gasteiger partial charge in [0.15, 0.2) is 11.2 Å². The van der Waals surface area contributed by atoms with Crippen molar-refractivity contribution < 1.29 is 19.5 Å². The molecule has 0 aliphatic carbocycles. The fraction of sp³-hybridized carbons (Fsp3) is 0.176. The average molecular weight is 376 g/mol. The van der Waals surface area contributed by atoms with E-state index in [9.17, 15) is 14.7 Å². The van der Waals surface area contributed by atoms with E-state index in [1.54, 1.807) is 6.92 Å². The monoisotopic (exact) mass is 375 g/mol. The molecule has 9 heteroatoms. The molecule has 1 aromatic carbocycles. The van der Waals surface area contributed by atoms with Gasteiger partial charge in [-0.1, -0.05) is 41.9 Å². The highest BCUT2D eigenvalue weighted by Crippen LogP contribution is 2.30. The van der Waals surface area contributed by atoms with Crippen LogP contribution in [0.15, 0.2) is 41.5 Å². The summed E-state index contributed by atoms with van der Waals surface area (Å²) < 4.78 is 5.65. The molecule has 0 aliphatic rings. The van der Waals surface area contributed by atoms with Crippen molar-refractivity contribution in [1.82, 2.24) is 14.7 Å². The summed E-state index contributed by atoms with van der Waals surface area (Å²) in [5.41, 5.74) is -0.766. The Balaban J connectivity index is 2.18. The van der Waals surface area contributed by atoms with Crippen LogP contribution in [0.1, 0.15) is 22.8 Å². The lowest BCUT2D eigenvalue weighted by atomic mass is 10.2. The van der Waals surface area contributed by atoms with E-state index >= 15 is 0 Å². The van der Waals surface area contributed by atoms with Crippen LogP contribution in [0.5, 0.6) is 5.75 Å². The molecule has 3 aromatic rings. The second-order valence-corrected chi connectivity index (χ2v) is 5.52. The van der Waals surface area contributed by atoms with Gasteiger partial charge in [-0.3, -0.25) is 4.79 Å². The van der Waals surface area contributed by atoms with Crippen LogP contribution in [-0.4, -0.2) is 32.4 Å². The van der Waals surface area contributed by atoms with E-state index in [1.165, 1.54) is 0 Å². The molecule has 0 unspecified atom stereocenters. The maximum Gasteiger partial charge on any atom is 0.347 e. The molecular formula is C17H14ClN3O5. The summed E-state index contributed by atoms with van der Waals surface area (Å²) in [6, 6.07) is 9.10. The maximum atomic E-state index is 12.7. The summed E-state index contributed by atoms with van der Waals surface area (Å²) in [6.45, 7) is 1.64. The van der Waals surface area contributed by atoms with E-state index in [-0.39, 0.29) is 29.4 Å². The van der Waals surface area contributed by atoms with Crippen LogP contribution in [-0.2, 0) is 11.3 Å². The van der Waals surface area contributed by atoms with Crippen LogP contribution in [0.2, 0.25) is 5.15 Å². The van der Waals surface area contributed by atoms with Gasteiger partial charge in [0.1, 0.15) is 29.2 Å². The molecule has 0 atom stereocenters. The Morgan fingerprint density at radius 3 is 2.69 bits per heavy atom. The third-order valence-corrected chi connectivity index (χ3v) is 3.81. The van der Waals surface area contributed by atoms with Crippen molar-refractivity contribution >= 4 is 28.6 Å². The van der Waals surface area contributed by atoms with Crippen LogP contribution in [0.25, 0.3) is 11.0 Å². The van der Waals surface area contributed by atoms with Gasteiger partial charge in [-0.2, -0.15) is 0 Å². The number of pyridine rings is 1. The number of carbonyl (C=O) groups is 1. The van der Waals surface area contributed by atoms with E-state index in [0.717, 1.165) is 16.6 Å². The lowest BCUT2D eigenvalue weighted by Crippen LogP contribution is -2.33. The number of ether oxygens (including phenoxy) is 1. The predicted molar refractivity (Wildman–Crippen MR) is 93.2 cm³/mol. The molecule has 0 spiro atoms. The second kappa shape index (κ2) is 7.40. The average Bonchev–Trinajstić information content (AvgIpc) is 2.62. The number of esters is 1. The number of halogens is 1. The van der Waals surface area contributed by atoms with Crippen molar-refractivity contribution in [1.29, 1.82) is 0 Å². The van der Waals surface area contributed by atoms with Gasteiger partial charge >= 0.3 is 11.5 Å². The molecule has 3 rings (SSSR count). The minimum atomic E-state index is -0.992. The van der Waals surface area contributed by atoms with E-state index in [1.807, 2.05) is 30.3 Å². The molecule has 8 nitrogen and oxygen atoms in total. The molecule has 2 aromatic heterocycles. The summed E-state index contributed by atoms with van der Waals surface area (Å²) >= 11 is 6.02. The maximum absolute atomic E-state index is 12.7. The number of aromatic hydroxyl groups is 1. The van der Waals surface area contributed by atoms with Crippen LogP contribution in [0.4, 0.5) is 0 Å². The first kappa shape index (κ1) is 17.7. The number of nitrogens with zero attached hydrogens (tertiary/aromatic N) is 3. The zero-order valence-electron chi connectivity index (χ0n) is 13.7. The van der Waals surface area contributed by atoms with E-state index in [2.05, 4.69) is 9.97 Å². The summed E-state index contributed by atoms with van der Waals surface area (Å²) in [7, 11) is 0. The van der Waals surface area contributed by atoms with Gasteiger partial charge in [-0.25, -0.2) is 14.8 Å². The van der Waals surface area contributed by atoms with Gasteiger partial charge in [0, 0.05) is 0 Å². The van der Waals surface area contributed by atoms with Gasteiger partial charge in [-0.15, -0.1) is 4.73 Å². The topological polar surface area (TPSA) is 104 Å². The lowest BCUT2D eigenvalue weighted by molar-refractivity contribution is 0.0508. The molecule has 0 radical (unpaired) electrons. The van der Waals surface area contributed by atoms with Gasteiger partial charge < -0.3 is 14.7 Å². The number of aromatic nitrogens is 3. The predicted octanol–water partition coefficient (Wildman–Crippen LogP) is 1.96. The molecule has 0 fully saturated rings. The molecule has 0 aliphatic heterocycles. The van der Waals surface area contributed by atoms with Gasteiger partial charge in [0.05, 0.1) is 6.61 Å². The Morgan fingerprint density at radius 1 is 1.27 bits per heavy atom. The molecule has 2 heterocycles. The minimum Gasteiger partial charge on any atom is -0.506 e. The first-order chi connectivity index (χ1) is 12.5. The Labute approximate surface area is 152 Å². The van der Waals surface area contributed by atoms with Gasteiger partial charge in [0.25, 0.3) is 0 Å². The molecule has 0 bridgehead atoms. The Kier molecular flexibility index (Phi) is 5.04. The Bertz CT molecular complexity index is 1020. The highest BCUT2D eigenvalue weighted by atomic mass is 35.5. The van der Waals surface area contributed by atoms with Crippen molar-refractivity contribution in [2.45, 2.75) is 13.5 Å². The first-order valence-corrected chi connectivity index (χ1v) is 8.05. The van der Waals surface area contributed by atoms with E-state index in [0.29, 0.717) is 0 Å². The fourth-order valence-electron chi connectivity index (χ4n) is 2.36. The van der Waals surface area contributed by atoms with Crippen LogP contribution < -0.4 is 10.4 Å². The van der Waals surface area contributed by atoms with E-state index in [4.69, 9.17) is 21.2 Å². The van der Waals surface area contributed by atoms with Crippen LogP contribution in [0.3, 0.4) is 0 Å². The third-order valence-electron chi connectivity index (χ3n) is 3.53. The summed E-state index contributed by atoms with van der Waals surface area (Å²) in [5.74, 6) is -1.64. The van der Waals surface area contributed by atoms with Crippen molar-refractivity contribution in [2.24, 2.45) is 0 Å². The van der Waals surface area contributed by atoms with Crippen LogP contribution in [0, 0.1) is 0 Å². The van der Waals surface area contributed by atoms with E-state index < -0.39 is 22.8 Å². The zero-order chi connectivity index (χ0) is 18.7. The van der Waals surface area contributed by atoms with Crippen molar-refractivity contribution in [3.05, 3.63) is 63.3 Å². The third kappa shape index (κ3) is 3.18. The minimum absolute atomic E-state index is 0.0274. The standard InChI is InChI=1S/C17H14ClN3O5/c1-2-25-17(24)12-13(22)11-14(18)19-9-20-15(11)21(16(12)23)26-8-10-6-4-3-5-7-10/h3-7,9,22H,2,8H2,1H3. The Morgan fingerprint density at radius 2 is 2.00 bits per heavy atom. The SMILES string of the molecule is CCOC(=O)c1c(O)c2c(Cl)ncnc2n(OCc2ccccc2)c1=O. The second-order valence-electron chi connectivity index (χ2n) is 5.17. The highest BCUT2D eigenvalue weighted by molar-refractivity contribution is 6.34. The van der Waals surface area contributed by atoms with Crippen molar-refractivity contribution in [2.75, 3.05) is 6.61 Å². The summed E-state index contributed by atoms with van der Waals surface area (Å²) in [4.78, 5) is 38.1. The molecule has 0 amide bonds. The van der Waals surface area contributed by atoms with Crippen LogP contribution >= 0.6 is 11.6 Å². The highest BCUT2D eigenvalue weighted by Gasteiger charge is 2.26. The van der Waals surface area contributed by atoms with Gasteiger partial charge in [0.2, 0.25) is 0 Å². The number of rotatable bonds is 5. The summed E-state index contributed by atoms with van der Waals surface area (Å²) in [6.07, 6.45) is 1.12. The lowest BCUT2D eigenvalue weighted by Gasteiger charge is -2.14. The summed E-state index contributed by atoms with van der Waals surface area (Å²) in [5, 5.41) is 10.2. The molecule has 134 valence electrons. The van der Waals surface area contributed by atoms with Gasteiger partial charge in [-0.05, 0) is 12.5 Å². The largest absolute Gasteiger partial charge is 0.506 e. The smallest absolute Gasteiger partial charge is 0.347 e. The zero-order valence-corrected chi connectivity index (χ0v) is 14.4. The molecular weight excluding hydrogens is 362 g/mol. The molecule has 1 N–H and O–H groups in total. The fourth-order valence-corrected chi connectivity index (χ4v) is 2.58. The molecule has 0 saturated carbocycles. The molecule has 0 saturated heterocycles. The number of hydrogen-bond donors (Lipinski definition) is 1.